The monoisotopic (exact) mass is 357 g/mol. The first-order valence-corrected chi connectivity index (χ1v) is 7.86. The van der Waals surface area contributed by atoms with Crippen molar-refractivity contribution in [3.8, 4) is 17.2 Å². The van der Waals surface area contributed by atoms with Crippen molar-refractivity contribution < 1.29 is 24.2 Å². The average molecular weight is 357 g/mol. The number of fused-ring (bicyclic) bond motifs is 1. The zero-order valence-electron chi connectivity index (χ0n) is 14.4. The second-order valence-electron chi connectivity index (χ2n) is 5.76. The summed E-state index contributed by atoms with van der Waals surface area (Å²) in [6.45, 7) is -0.104. The Balaban J connectivity index is 2.14. The fourth-order valence-corrected chi connectivity index (χ4v) is 3.01. The van der Waals surface area contributed by atoms with Gasteiger partial charge in [0, 0.05) is 5.56 Å². The molecule has 0 radical (unpaired) electrons. The summed E-state index contributed by atoms with van der Waals surface area (Å²) in [5, 5.41) is 13.0. The lowest BCUT2D eigenvalue weighted by atomic mass is 10.0. The maximum Gasteiger partial charge on any atom is 0.255 e. The van der Waals surface area contributed by atoms with Crippen molar-refractivity contribution in [3.63, 3.8) is 0 Å². The number of hydrogen-bond acceptors (Lipinski definition) is 6. The van der Waals surface area contributed by atoms with Gasteiger partial charge < -0.3 is 30.5 Å². The van der Waals surface area contributed by atoms with E-state index < -0.39 is 12.1 Å². The van der Waals surface area contributed by atoms with Crippen LogP contribution in [-0.2, 0) is 4.79 Å². The molecule has 4 N–H and O–H groups in total. The molecule has 1 aliphatic rings. The lowest BCUT2D eigenvalue weighted by molar-refractivity contribution is -0.116. The molecule has 2 amide bonds. The molecule has 0 aliphatic carbocycles. The summed E-state index contributed by atoms with van der Waals surface area (Å²) in [5.41, 5.74) is 7.01. The normalized spacial score (nSPS) is 15.8. The minimum Gasteiger partial charge on any atom is -0.502 e. The largest absolute Gasteiger partial charge is 0.502 e. The number of aromatic hydroxyl groups is 1. The highest BCUT2D eigenvalue weighted by Gasteiger charge is 2.33. The molecule has 136 valence electrons. The third kappa shape index (κ3) is 2.97. The minimum absolute atomic E-state index is 0.104. The first-order chi connectivity index (χ1) is 12.5. The molecule has 0 saturated carbocycles. The number of methoxy groups -OCH3 is 2. The van der Waals surface area contributed by atoms with Gasteiger partial charge in [0.1, 0.15) is 6.17 Å². The molecule has 26 heavy (non-hydrogen) atoms. The van der Waals surface area contributed by atoms with E-state index in [9.17, 15) is 14.7 Å². The molecule has 0 spiro atoms. The fourth-order valence-electron chi connectivity index (χ4n) is 3.01. The average Bonchev–Trinajstić information content (AvgIpc) is 2.64. The van der Waals surface area contributed by atoms with Crippen LogP contribution in [0.1, 0.15) is 22.1 Å². The predicted molar refractivity (Wildman–Crippen MR) is 94.4 cm³/mol. The van der Waals surface area contributed by atoms with Gasteiger partial charge in [0.25, 0.3) is 5.91 Å². The number of nitrogens with zero attached hydrogens (tertiary/aromatic N) is 1. The van der Waals surface area contributed by atoms with Gasteiger partial charge in [-0.3, -0.25) is 9.59 Å². The van der Waals surface area contributed by atoms with Crippen molar-refractivity contribution in [1.82, 2.24) is 5.32 Å². The third-order valence-electron chi connectivity index (χ3n) is 4.18. The van der Waals surface area contributed by atoms with Crippen molar-refractivity contribution in [2.75, 3.05) is 25.7 Å². The van der Waals surface area contributed by atoms with E-state index in [-0.39, 0.29) is 29.7 Å². The summed E-state index contributed by atoms with van der Waals surface area (Å²) in [5.74, 6) is -0.600. The third-order valence-corrected chi connectivity index (χ3v) is 4.18. The Kier molecular flexibility index (Phi) is 4.57. The van der Waals surface area contributed by atoms with Crippen molar-refractivity contribution in [1.29, 1.82) is 0 Å². The van der Waals surface area contributed by atoms with Gasteiger partial charge in [-0.05, 0) is 24.3 Å². The molecule has 8 nitrogen and oxygen atoms in total. The maximum atomic E-state index is 12.5. The number of ether oxygens (including phenoxy) is 2. The summed E-state index contributed by atoms with van der Waals surface area (Å²) < 4.78 is 10.4. The molecule has 2 aromatic carbocycles. The number of primary amides is 1. The molecule has 1 heterocycles. The van der Waals surface area contributed by atoms with Gasteiger partial charge in [0.05, 0.1) is 32.0 Å². The standard InChI is InChI=1S/C18H19N3O5/c1-25-13-7-10(8-14(26-2)16(13)23)17-20-18(24)11-5-3-4-6-12(11)21(17)9-15(19)22/h3-8,17,23H,9H2,1-2H3,(H2,19,22)(H,20,24)/t17-/m0/s1. The van der Waals surface area contributed by atoms with Crippen molar-refractivity contribution in [2.45, 2.75) is 6.17 Å². The van der Waals surface area contributed by atoms with E-state index in [1.165, 1.54) is 14.2 Å². The van der Waals surface area contributed by atoms with E-state index in [1.807, 2.05) is 0 Å². The topological polar surface area (TPSA) is 114 Å². The predicted octanol–water partition coefficient (Wildman–Crippen LogP) is 1.14. The van der Waals surface area contributed by atoms with E-state index in [1.54, 1.807) is 41.3 Å². The highest BCUT2D eigenvalue weighted by atomic mass is 16.5. The molecular weight excluding hydrogens is 338 g/mol. The van der Waals surface area contributed by atoms with E-state index in [2.05, 4.69) is 5.32 Å². The first-order valence-electron chi connectivity index (χ1n) is 7.86. The van der Waals surface area contributed by atoms with Crippen LogP contribution in [-0.4, -0.2) is 37.7 Å². The number of hydrogen-bond donors (Lipinski definition) is 3. The smallest absolute Gasteiger partial charge is 0.255 e. The molecule has 1 aliphatic heterocycles. The lowest BCUT2D eigenvalue weighted by Gasteiger charge is -2.38. The van der Waals surface area contributed by atoms with Gasteiger partial charge >= 0.3 is 0 Å². The molecule has 1 atom stereocenters. The molecule has 3 rings (SSSR count). The number of carbonyl (C=O) groups is 2. The Bertz CT molecular complexity index is 843. The number of rotatable bonds is 5. The number of benzene rings is 2. The minimum atomic E-state index is -0.687. The van der Waals surface area contributed by atoms with Crippen molar-refractivity contribution in [2.24, 2.45) is 5.73 Å². The van der Waals surface area contributed by atoms with Crippen LogP contribution in [0.15, 0.2) is 36.4 Å². The molecule has 0 unspecified atom stereocenters. The number of para-hydroxylation sites is 1. The number of nitrogens with two attached hydrogens (primary N) is 1. The second-order valence-corrected chi connectivity index (χ2v) is 5.76. The Morgan fingerprint density at radius 3 is 2.42 bits per heavy atom. The summed E-state index contributed by atoms with van der Waals surface area (Å²) in [6, 6.07) is 10.1. The Hall–Kier alpha value is -3.42. The summed E-state index contributed by atoms with van der Waals surface area (Å²) >= 11 is 0. The van der Waals surface area contributed by atoms with Crippen LogP contribution in [0.4, 0.5) is 5.69 Å². The summed E-state index contributed by atoms with van der Waals surface area (Å²) in [4.78, 5) is 25.8. The molecule has 2 aromatic rings. The van der Waals surface area contributed by atoms with Gasteiger partial charge in [-0.25, -0.2) is 0 Å². The summed E-state index contributed by atoms with van der Waals surface area (Å²) in [6.07, 6.45) is -0.687. The zero-order chi connectivity index (χ0) is 18.8. The number of amides is 2. The Labute approximate surface area is 150 Å². The van der Waals surface area contributed by atoms with Gasteiger partial charge in [0.2, 0.25) is 11.7 Å². The van der Waals surface area contributed by atoms with Crippen LogP contribution in [0.5, 0.6) is 17.2 Å². The fraction of sp³-hybridized carbons (Fsp3) is 0.222. The highest BCUT2D eigenvalue weighted by Crippen LogP contribution is 2.41. The molecular formula is C18H19N3O5. The van der Waals surface area contributed by atoms with E-state index in [0.29, 0.717) is 16.8 Å². The first kappa shape index (κ1) is 17.4. The summed E-state index contributed by atoms with van der Waals surface area (Å²) in [7, 11) is 2.82. The Morgan fingerprint density at radius 1 is 1.23 bits per heavy atom. The Morgan fingerprint density at radius 2 is 1.85 bits per heavy atom. The molecule has 0 bridgehead atoms. The molecule has 0 fully saturated rings. The van der Waals surface area contributed by atoms with Crippen LogP contribution >= 0.6 is 0 Å². The van der Waals surface area contributed by atoms with E-state index in [0.717, 1.165) is 0 Å². The highest BCUT2D eigenvalue weighted by molar-refractivity contribution is 6.02. The SMILES string of the molecule is COc1cc([C@H]2NC(=O)c3ccccc3N2CC(N)=O)cc(OC)c1O. The van der Waals surface area contributed by atoms with E-state index >= 15 is 0 Å². The van der Waals surface area contributed by atoms with Gasteiger partial charge in [-0.2, -0.15) is 0 Å². The maximum absolute atomic E-state index is 12.5. The van der Waals surface area contributed by atoms with Crippen LogP contribution in [0.3, 0.4) is 0 Å². The number of carbonyl (C=O) groups excluding carboxylic acids is 2. The lowest BCUT2D eigenvalue weighted by Crippen LogP contribution is -2.49. The molecule has 8 heteroatoms. The van der Waals surface area contributed by atoms with E-state index in [4.69, 9.17) is 15.2 Å². The van der Waals surface area contributed by atoms with Crippen molar-refractivity contribution >= 4 is 17.5 Å². The van der Waals surface area contributed by atoms with Crippen LogP contribution < -0.4 is 25.4 Å². The van der Waals surface area contributed by atoms with Crippen molar-refractivity contribution in [3.05, 3.63) is 47.5 Å². The van der Waals surface area contributed by atoms with Crippen LogP contribution in [0, 0.1) is 0 Å². The zero-order valence-corrected chi connectivity index (χ0v) is 14.4. The quantitative estimate of drug-likeness (QED) is 0.739. The number of nitrogens with one attached hydrogen (secondary N) is 1. The van der Waals surface area contributed by atoms with Crippen LogP contribution in [0.2, 0.25) is 0 Å². The van der Waals surface area contributed by atoms with Gasteiger partial charge in [-0.1, -0.05) is 12.1 Å². The molecule has 0 aromatic heterocycles. The van der Waals surface area contributed by atoms with Gasteiger partial charge in [0.15, 0.2) is 11.5 Å². The number of phenols is 1. The van der Waals surface area contributed by atoms with Crippen LogP contribution in [0.25, 0.3) is 0 Å². The second kappa shape index (κ2) is 6.83. The molecule has 0 saturated heterocycles. The number of phenolic OH excluding ortho intramolecular Hbond substituents is 1. The number of anilines is 1. The van der Waals surface area contributed by atoms with Gasteiger partial charge in [-0.15, -0.1) is 0 Å².